The molecule has 164 valence electrons. The van der Waals surface area contributed by atoms with Gasteiger partial charge >= 0.3 is 0 Å². The lowest BCUT2D eigenvalue weighted by Gasteiger charge is -2.12. The average Bonchev–Trinajstić information content (AvgIpc) is 2.89. The van der Waals surface area contributed by atoms with Crippen LogP contribution in [0.1, 0.15) is 27.8 Å². The maximum absolute atomic E-state index is 5.68. The lowest BCUT2D eigenvalue weighted by atomic mass is 10.0. The number of hydrogen-bond donors (Lipinski definition) is 0. The average molecular weight is 443 g/mol. The van der Waals surface area contributed by atoms with Gasteiger partial charge in [-0.15, -0.1) is 6.42 Å². The third-order valence-corrected chi connectivity index (χ3v) is 5.22. The van der Waals surface area contributed by atoms with Crippen LogP contribution in [0.4, 0.5) is 0 Å². The molecule has 0 unspecified atom stereocenters. The SMILES string of the molecule is C#Cc1cc(C#Cc2cc(OC)c(OC)c(OC)c2)cc(C#Cc2ccc3ccccc3c2)c1. The van der Waals surface area contributed by atoms with Crippen molar-refractivity contribution in [3.63, 3.8) is 0 Å². The molecule has 3 heteroatoms. The predicted octanol–water partition coefficient (Wildman–Crippen LogP) is 5.65. The van der Waals surface area contributed by atoms with E-state index in [0.29, 0.717) is 17.2 Å². The molecular weight excluding hydrogens is 420 g/mol. The quantitative estimate of drug-likeness (QED) is 0.384. The van der Waals surface area contributed by atoms with Gasteiger partial charge in [-0.1, -0.05) is 59.9 Å². The van der Waals surface area contributed by atoms with E-state index in [1.54, 1.807) is 33.5 Å². The Morgan fingerprint density at radius 2 is 1.06 bits per heavy atom. The first-order chi connectivity index (χ1) is 16.6. The van der Waals surface area contributed by atoms with Crippen LogP contribution in [0.3, 0.4) is 0 Å². The number of terminal acetylenes is 1. The van der Waals surface area contributed by atoms with Gasteiger partial charge < -0.3 is 14.2 Å². The highest BCUT2D eigenvalue weighted by atomic mass is 16.5. The molecule has 0 aliphatic carbocycles. The Labute approximate surface area is 200 Å². The van der Waals surface area contributed by atoms with Crippen LogP contribution in [0.5, 0.6) is 17.2 Å². The zero-order valence-corrected chi connectivity index (χ0v) is 19.2. The second-order valence-electron chi connectivity index (χ2n) is 7.42. The van der Waals surface area contributed by atoms with E-state index in [0.717, 1.165) is 33.2 Å². The first-order valence-corrected chi connectivity index (χ1v) is 10.6. The maximum atomic E-state index is 5.68. The molecule has 0 N–H and O–H groups in total. The Kier molecular flexibility index (Phi) is 6.74. The Bertz CT molecular complexity index is 1510. The second-order valence-corrected chi connectivity index (χ2v) is 7.42. The summed E-state index contributed by atoms with van der Waals surface area (Å²) >= 11 is 0. The second kappa shape index (κ2) is 10.2. The summed E-state index contributed by atoms with van der Waals surface area (Å²) in [5, 5.41) is 2.34. The molecule has 0 spiro atoms. The molecule has 0 aliphatic heterocycles. The van der Waals surface area contributed by atoms with Gasteiger partial charge in [0.05, 0.1) is 21.3 Å². The summed E-state index contributed by atoms with van der Waals surface area (Å²) in [7, 11) is 4.72. The summed E-state index contributed by atoms with van der Waals surface area (Å²) in [5.41, 5.74) is 3.96. The summed E-state index contributed by atoms with van der Waals surface area (Å²) < 4.78 is 16.2. The number of benzene rings is 4. The molecule has 4 aromatic rings. The molecule has 0 aromatic heterocycles. The molecule has 4 aromatic carbocycles. The minimum absolute atomic E-state index is 0.524. The fourth-order valence-electron chi connectivity index (χ4n) is 3.56. The van der Waals surface area contributed by atoms with Crippen molar-refractivity contribution in [3.8, 4) is 53.3 Å². The van der Waals surface area contributed by atoms with Gasteiger partial charge in [-0.2, -0.15) is 0 Å². The maximum Gasteiger partial charge on any atom is 0.203 e. The number of methoxy groups -OCH3 is 3. The summed E-state index contributed by atoms with van der Waals surface area (Å²) in [4.78, 5) is 0. The predicted molar refractivity (Wildman–Crippen MR) is 136 cm³/mol. The van der Waals surface area contributed by atoms with Crippen LogP contribution in [-0.2, 0) is 0 Å². The molecular formula is C31H22O3. The van der Waals surface area contributed by atoms with E-state index in [2.05, 4.69) is 53.9 Å². The van der Waals surface area contributed by atoms with Crippen molar-refractivity contribution in [1.29, 1.82) is 0 Å². The van der Waals surface area contributed by atoms with E-state index >= 15 is 0 Å². The van der Waals surface area contributed by atoms with E-state index in [1.165, 1.54) is 5.39 Å². The Morgan fingerprint density at radius 3 is 1.62 bits per heavy atom. The molecule has 34 heavy (non-hydrogen) atoms. The highest BCUT2D eigenvalue weighted by molar-refractivity contribution is 5.83. The molecule has 0 saturated heterocycles. The minimum atomic E-state index is 0.524. The van der Waals surface area contributed by atoms with Gasteiger partial charge in [-0.3, -0.25) is 0 Å². The normalized spacial score (nSPS) is 9.71. The lowest BCUT2D eigenvalue weighted by molar-refractivity contribution is 0.324. The number of ether oxygens (including phenoxy) is 3. The van der Waals surface area contributed by atoms with Crippen molar-refractivity contribution in [2.75, 3.05) is 21.3 Å². The highest BCUT2D eigenvalue weighted by Gasteiger charge is 2.12. The fraction of sp³-hybridized carbons (Fsp3) is 0.0968. The summed E-state index contributed by atoms with van der Waals surface area (Å²) in [5.74, 6) is 17.1. The first-order valence-electron chi connectivity index (χ1n) is 10.6. The minimum Gasteiger partial charge on any atom is -0.493 e. The smallest absolute Gasteiger partial charge is 0.203 e. The van der Waals surface area contributed by atoms with Crippen molar-refractivity contribution in [3.05, 3.63) is 101 Å². The highest BCUT2D eigenvalue weighted by Crippen LogP contribution is 2.37. The number of hydrogen-bond acceptors (Lipinski definition) is 3. The topological polar surface area (TPSA) is 27.7 Å². The van der Waals surface area contributed by atoms with Gasteiger partial charge in [0.1, 0.15) is 0 Å². The molecule has 0 heterocycles. The number of fused-ring (bicyclic) bond motifs is 1. The standard InChI is InChI=1S/C31H22O3/c1-5-22-16-24(11-10-23-14-15-27-8-6-7-9-28(27)19-23)18-25(17-22)12-13-26-20-29(32-2)31(34-4)30(21-26)33-3/h1,6-9,14-21H,2-4H3. The molecule has 0 amide bonds. The van der Waals surface area contributed by atoms with Crippen LogP contribution < -0.4 is 14.2 Å². The third-order valence-electron chi connectivity index (χ3n) is 5.22. The van der Waals surface area contributed by atoms with E-state index in [9.17, 15) is 0 Å². The van der Waals surface area contributed by atoms with E-state index in [4.69, 9.17) is 20.6 Å². The molecule has 0 radical (unpaired) electrons. The van der Waals surface area contributed by atoms with Crippen molar-refractivity contribution in [1.82, 2.24) is 0 Å². The molecule has 0 saturated carbocycles. The zero-order valence-electron chi connectivity index (χ0n) is 19.2. The van der Waals surface area contributed by atoms with Crippen LogP contribution in [0.2, 0.25) is 0 Å². The van der Waals surface area contributed by atoms with E-state index < -0.39 is 0 Å². The van der Waals surface area contributed by atoms with Gasteiger partial charge in [-0.25, -0.2) is 0 Å². The van der Waals surface area contributed by atoms with Crippen molar-refractivity contribution in [2.24, 2.45) is 0 Å². The Hall–Kier alpha value is -4.78. The van der Waals surface area contributed by atoms with Crippen molar-refractivity contribution in [2.45, 2.75) is 0 Å². The van der Waals surface area contributed by atoms with Gasteiger partial charge in [0.2, 0.25) is 5.75 Å². The molecule has 0 bridgehead atoms. The van der Waals surface area contributed by atoms with Crippen LogP contribution in [0.15, 0.2) is 72.8 Å². The van der Waals surface area contributed by atoms with Gasteiger partial charge in [-0.05, 0) is 53.2 Å². The van der Waals surface area contributed by atoms with Gasteiger partial charge in [0, 0.05) is 27.8 Å². The third kappa shape index (κ3) is 4.99. The fourth-order valence-corrected chi connectivity index (χ4v) is 3.56. The molecule has 4 rings (SSSR count). The van der Waals surface area contributed by atoms with Crippen LogP contribution in [-0.4, -0.2) is 21.3 Å². The largest absolute Gasteiger partial charge is 0.493 e. The zero-order chi connectivity index (χ0) is 23.9. The molecule has 3 nitrogen and oxygen atoms in total. The summed E-state index contributed by atoms with van der Waals surface area (Å²) in [6.07, 6.45) is 5.68. The van der Waals surface area contributed by atoms with Crippen molar-refractivity contribution >= 4 is 10.8 Å². The molecule has 0 aliphatic rings. The van der Waals surface area contributed by atoms with Gasteiger partial charge in [0.25, 0.3) is 0 Å². The van der Waals surface area contributed by atoms with E-state index in [1.807, 2.05) is 36.4 Å². The summed E-state index contributed by atoms with van der Waals surface area (Å²) in [6, 6.07) is 23.7. The van der Waals surface area contributed by atoms with Crippen LogP contribution in [0, 0.1) is 36.0 Å². The number of rotatable bonds is 3. The van der Waals surface area contributed by atoms with Crippen LogP contribution in [0.25, 0.3) is 10.8 Å². The Balaban J connectivity index is 1.68. The lowest BCUT2D eigenvalue weighted by Crippen LogP contribution is -1.95. The van der Waals surface area contributed by atoms with Crippen molar-refractivity contribution < 1.29 is 14.2 Å². The first kappa shape index (κ1) is 22.4. The Morgan fingerprint density at radius 1 is 0.529 bits per heavy atom. The molecule has 0 atom stereocenters. The van der Waals surface area contributed by atoms with Gasteiger partial charge in [0.15, 0.2) is 11.5 Å². The monoisotopic (exact) mass is 442 g/mol. The van der Waals surface area contributed by atoms with Crippen LogP contribution >= 0.6 is 0 Å². The summed E-state index contributed by atoms with van der Waals surface area (Å²) in [6.45, 7) is 0. The van der Waals surface area contributed by atoms with E-state index in [-0.39, 0.29) is 0 Å². The molecule has 0 fully saturated rings.